The first kappa shape index (κ1) is 10.3. The number of hydrogen-bond acceptors (Lipinski definition) is 4. The average Bonchev–Trinajstić information content (AvgIpc) is 2.29. The summed E-state index contributed by atoms with van der Waals surface area (Å²) in [5, 5.41) is 3.22. The number of rotatable bonds is 3. The summed E-state index contributed by atoms with van der Waals surface area (Å²) >= 11 is 0. The first-order valence-corrected chi connectivity index (χ1v) is 4.90. The van der Waals surface area contributed by atoms with Crippen LogP contribution in [0.1, 0.15) is 0 Å². The van der Waals surface area contributed by atoms with Crippen LogP contribution in [0.25, 0.3) is 0 Å². The quantitative estimate of drug-likeness (QED) is 0.772. The number of ether oxygens (including phenoxy) is 1. The van der Waals surface area contributed by atoms with Crippen molar-refractivity contribution in [3.05, 3.63) is 42.6 Å². The number of nitrogens with one attached hydrogen (secondary N) is 1. The molecule has 1 heterocycles. The molecule has 1 aromatic heterocycles. The predicted molar refractivity (Wildman–Crippen MR) is 64.9 cm³/mol. The summed E-state index contributed by atoms with van der Waals surface area (Å²) in [7, 11) is 1.59. The smallest absolute Gasteiger partial charge is 0.214 e. The van der Waals surface area contributed by atoms with Crippen molar-refractivity contribution in [2.24, 2.45) is 0 Å². The molecule has 0 aliphatic carbocycles. The Hall–Kier alpha value is -2.23. The summed E-state index contributed by atoms with van der Waals surface area (Å²) in [5.41, 5.74) is 8.27. The normalized spacial score (nSPS) is 9.81. The summed E-state index contributed by atoms with van der Waals surface area (Å²) < 4.78 is 5.04. The van der Waals surface area contributed by atoms with Crippen molar-refractivity contribution in [1.82, 2.24) is 4.98 Å². The van der Waals surface area contributed by atoms with Crippen LogP contribution in [0, 0.1) is 0 Å². The Morgan fingerprint density at radius 2 is 2.00 bits per heavy atom. The number of anilines is 3. The SMILES string of the molecule is COc1cc(Nc2cccc(N)c2)ccn1. The highest BCUT2D eigenvalue weighted by Crippen LogP contribution is 2.20. The molecule has 0 unspecified atom stereocenters. The maximum absolute atomic E-state index is 5.69. The molecule has 0 saturated carbocycles. The van der Waals surface area contributed by atoms with Gasteiger partial charge in [-0.25, -0.2) is 4.98 Å². The van der Waals surface area contributed by atoms with Gasteiger partial charge in [0.05, 0.1) is 7.11 Å². The highest BCUT2D eigenvalue weighted by atomic mass is 16.5. The number of benzene rings is 1. The Balaban J connectivity index is 2.20. The molecule has 0 saturated heterocycles. The maximum atomic E-state index is 5.69. The van der Waals surface area contributed by atoms with Crippen molar-refractivity contribution in [2.45, 2.75) is 0 Å². The molecule has 82 valence electrons. The minimum atomic E-state index is 0.578. The van der Waals surface area contributed by atoms with Crippen molar-refractivity contribution < 1.29 is 4.74 Å². The van der Waals surface area contributed by atoms with Crippen molar-refractivity contribution in [3.8, 4) is 5.88 Å². The van der Waals surface area contributed by atoms with Gasteiger partial charge >= 0.3 is 0 Å². The van der Waals surface area contributed by atoms with Gasteiger partial charge in [0.15, 0.2) is 0 Å². The van der Waals surface area contributed by atoms with Crippen molar-refractivity contribution in [1.29, 1.82) is 0 Å². The van der Waals surface area contributed by atoms with Gasteiger partial charge in [0.2, 0.25) is 5.88 Å². The number of nitrogens with zero attached hydrogens (tertiary/aromatic N) is 1. The summed E-state index contributed by atoms with van der Waals surface area (Å²) in [4.78, 5) is 4.03. The van der Waals surface area contributed by atoms with Crippen molar-refractivity contribution in [3.63, 3.8) is 0 Å². The van der Waals surface area contributed by atoms with Gasteiger partial charge in [0.1, 0.15) is 0 Å². The van der Waals surface area contributed by atoms with E-state index in [0.717, 1.165) is 17.1 Å². The van der Waals surface area contributed by atoms with E-state index in [4.69, 9.17) is 10.5 Å². The molecular formula is C12H13N3O. The van der Waals surface area contributed by atoms with Gasteiger partial charge < -0.3 is 15.8 Å². The van der Waals surface area contributed by atoms with E-state index >= 15 is 0 Å². The zero-order chi connectivity index (χ0) is 11.4. The average molecular weight is 215 g/mol. The summed E-state index contributed by atoms with van der Waals surface area (Å²) in [6, 6.07) is 11.2. The lowest BCUT2D eigenvalue weighted by Crippen LogP contribution is -1.94. The lowest BCUT2D eigenvalue weighted by Gasteiger charge is -2.07. The standard InChI is InChI=1S/C12H13N3O/c1-16-12-8-11(5-6-14-12)15-10-4-2-3-9(13)7-10/h2-8H,13H2,1H3,(H,14,15). The molecule has 16 heavy (non-hydrogen) atoms. The topological polar surface area (TPSA) is 60.2 Å². The minimum absolute atomic E-state index is 0.578. The van der Waals surface area contributed by atoms with E-state index < -0.39 is 0 Å². The van der Waals surface area contributed by atoms with Crippen molar-refractivity contribution in [2.75, 3.05) is 18.2 Å². The molecule has 3 N–H and O–H groups in total. The molecule has 0 spiro atoms. The lowest BCUT2D eigenvalue weighted by atomic mass is 10.2. The third kappa shape index (κ3) is 2.42. The molecule has 1 aromatic carbocycles. The van der Waals surface area contributed by atoms with E-state index in [9.17, 15) is 0 Å². The Kier molecular flexibility index (Phi) is 2.91. The minimum Gasteiger partial charge on any atom is -0.481 e. The fourth-order valence-corrected chi connectivity index (χ4v) is 1.38. The third-order valence-electron chi connectivity index (χ3n) is 2.12. The second-order valence-corrected chi connectivity index (χ2v) is 3.34. The summed E-state index contributed by atoms with van der Waals surface area (Å²) in [6.45, 7) is 0. The first-order chi connectivity index (χ1) is 7.78. The van der Waals surface area contributed by atoms with Gasteiger partial charge in [0.25, 0.3) is 0 Å². The highest BCUT2D eigenvalue weighted by Gasteiger charge is 1.97. The lowest BCUT2D eigenvalue weighted by molar-refractivity contribution is 0.398. The third-order valence-corrected chi connectivity index (χ3v) is 2.12. The molecule has 0 amide bonds. The molecule has 0 fully saturated rings. The van der Waals surface area contributed by atoms with E-state index in [0.29, 0.717) is 5.88 Å². The molecule has 0 bridgehead atoms. The summed E-state index contributed by atoms with van der Waals surface area (Å²) in [5.74, 6) is 0.578. The van der Waals surface area contributed by atoms with Crippen LogP contribution >= 0.6 is 0 Å². The maximum Gasteiger partial charge on any atom is 0.214 e. The van der Waals surface area contributed by atoms with Gasteiger partial charge in [-0.2, -0.15) is 0 Å². The number of hydrogen-bond donors (Lipinski definition) is 2. The molecular weight excluding hydrogens is 202 g/mol. The van der Waals surface area contributed by atoms with Crippen LogP contribution in [0.15, 0.2) is 42.6 Å². The molecule has 2 rings (SSSR count). The van der Waals surface area contributed by atoms with E-state index in [2.05, 4.69) is 10.3 Å². The fraction of sp³-hybridized carbons (Fsp3) is 0.0833. The zero-order valence-electron chi connectivity index (χ0n) is 8.97. The van der Waals surface area contributed by atoms with E-state index in [1.54, 1.807) is 13.3 Å². The van der Waals surface area contributed by atoms with Crippen LogP contribution in [0.4, 0.5) is 17.1 Å². The fourth-order valence-electron chi connectivity index (χ4n) is 1.38. The molecule has 0 aliphatic heterocycles. The van der Waals surface area contributed by atoms with E-state index in [1.165, 1.54) is 0 Å². The second-order valence-electron chi connectivity index (χ2n) is 3.34. The number of aromatic nitrogens is 1. The number of methoxy groups -OCH3 is 1. The number of pyridine rings is 1. The van der Waals surface area contributed by atoms with Gasteiger partial charge in [-0.3, -0.25) is 0 Å². The van der Waals surface area contributed by atoms with Crippen LogP contribution in [0.2, 0.25) is 0 Å². The molecule has 2 aromatic rings. The first-order valence-electron chi connectivity index (χ1n) is 4.90. The largest absolute Gasteiger partial charge is 0.481 e. The molecule has 4 heteroatoms. The Bertz CT molecular complexity index is 485. The highest BCUT2D eigenvalue weighted by molar-refractivity contribution is 5.63. The van der Waals surface area contributed by atoms with E-state index in [-0.39, 0.29) is 0 Å². The van der Waals surface area contributed by atoms with Crippen molar-refractivity contribution >= 4 is 17.1 Å². The van der Waals surface area contributed by atoms with E-state index in [1.807, 2.05) is 36.4 Å². The van der Waals surface area contributed by atoms with Gasteiger partial charge in [-0.1, -0.05) is 6.07 Å². The predicted octanol–water partition coefficient (Wildman–Crippen LogP) is 2.42. The zero-order valence-corrected chi connectivity index (χ0v) is 8.97. The van der Waals surface area contributed by atoms with Crippen LogP contribution in [-0.2, 0) is 0 Å². The second kappa shape index (κ2) is 4.53. The van der Waals surface area contributed by atoms with Crippen LogP contribution < -0.4 is 15.8 Å². The Morgan fingerprint density at radius 3 is 2.75 bits per heavy atom. The monoisotopic (exact) mass is 215 g/mol. The number of nitrogen functional groups attached to an aromatic ring is 1. The molecule has 0 atom stereocenters. The van der Waals surface area contributed by atoms with Crippen LogP contribution in [0.3, 0.4) is 0 Å². The number of nitrogens with two attached hydrogens (primary N) is 1. The Labute approximate surface area is 94.1 Å². The molecule has 0 radical (unpaired) electrons. The molecule has 4 nitrogen and oxygen atoms in total. The van der Waals surface area contributed by atoms with Crippen LogP contribution in [-0.4, -0.2) is 12.1 Å². The van der Waals surface area contributed by atoms with Crippen LogP contribution in [0.5, 0.6) is 5.88 Å². The van der Waals surface area contributed by atoms with Gasteiger partial charge in [-0.05, 0) is 24.3 Å². The Morgan fingerprint density at radius 1 is 1.19 bits per heavy atom. The summed E-state index contributed by atoms with van der Waals surface area (Å²) in [6.07, 6.45) is 1.69. The molecule has 0 aliphatic rings. The van der Waals surface area contributed by atoms with Gasteiger partial charge in [-0.15, -0.1) is 0 Å². The van der Waals surface area contributed by atoms with Gasteiger partial charge in [0, 0.05) is 29.3 Å².